The number of anilines is 1. The first-order valence-electron chi connectivity index (χ1n) is 11.9. The number of benzene rings is 1. The van der Waals surface area contributed by atoms with Gasteiger partial charge >= 0.3 is 0 Å². The second-order valence-electron chi connectivity index (χ2n) is 9.49. The third-order valence-corrected chi connectivity index (χ3v) is 7.61. The van der Waals surface area contributed by atoms with E-state index in [-0.39, 0.29) is 23.3 Å². The lowest BCUT2D eigenvalue weighted by molar-refractivity contribution is -0.140. The highest BCUT2D eigenvalue weighted by atomic mass is 16.2. The fourth-order valence-corrected chi connectivity index (χ4v) is 5.74. The molecule has 3 fully saturated rings. The van der Waals surface area contributed by atoms with E-state index in [1.54, 1.807) is 0 Å². The Morgan fingerprint density at radius 3 is 2.53 bits per heavy atom. The summed E-state index contributed by atoms with van der Waals surface area (Å²) in [5.74, 6) is 1.53. The molecule has 1 spiro atoms. The maximum absolute atomic E-state index is 13.4. The lowest BCUT2D eigenvalue weighted by Crippen LogP contribution is -2.55. The summed E-state index contributed by atoms with van der Waals surface area (Å²) in [6.45, 7) is 3.88. The molecule has 0 saturated carbocycles. The Morgan fingerprint density at radius 2 is 1.78 bits per heavy atom. The first-order chi connectivity index (χ1) is 15.6. The van der Waals surface area contributed by atoms with Crippen LogP contribution in [0.2, 0.25) is 0 Å². The highest BCUT2D eigenvalue weighted by molar-refractivity contribution is 5.81. The number of piperidine rings is 2. The zero-order valence-corrected chi connectivity index (χ0v) is 18.7. The van der Waals surface area contributed by atoms with Crippen LogP contribution in [0.25, 0.3) is 0 Å². The van der Waals surface area contributed by atoms with Crippen molar-refractivity contribution in [2.24, 2.45) is 5.92 Å². The standard InChI is InChI=1S/C26H32N4O2/c31-24-11-12-26(30(24)19-21-7-2-1-3-8-21)13-17-28(18-14-26)25(32)22-9-6-16-29(20-22)23-10-4-5-15-27-23/h1-5,7-8,10,15,22H,6,9,11-14,16-20H2. The zero-order valence-electron chi connectivity index (χ0n) is 18.7. The summed E-state index contributed by atoms with van der Waals surface area (Å²) in [5.41, 5.74) is 1.09. The summed E-state index contributed by atoms with van der Waals surface area (Å²) < 4.78 is 0. The molecule has 0 aliphatic carbocycles. The van der Waals surface area contributed by atoms with Gasteiger partial charge in [0.05, 0.1) is 5.92 Å². The van der Waals surface area contributed by atoms with Crippen LogP contribution >= 0.6 is 0 Å². The van der Waals surface area contributed by atoms with Crippen molar-refractivity contribution in [2.45, 2.75) is 50.6 Å². The maximum atomic E-state index is 13.4. The Kier molecular flexibility index (Phi) is 5.85. The van der Waals surface area contributed by atoms with E-state index in [0.29, 0.717) is 13.0 Å². The van der Waals surface area contributed by atoms with Gasteiger partial charge < -0.3 is 14.7 Å². The fraction of sp³-hybridized carbons (Fsp3) is 0.500. The summed E-state index contributed by atoms with van der Waals surface area (Å²) in [4.78, 5) is 37.0. The first-order valence-corrected chi connectivity index (χ1v) is 11.9. The van der Waals surface area contributed by atoms with E-state index in [4.69, 9.17) is 0 Å². The molecular weight excluding hydrogens is 400 g/mol. The summed E-state index contributed by atoms with van der Waals surface area (Å²) in [6.07, 6.45) is 7.09. The second-order valence-corrected chi connectivity index (χ2v) is 9.49. The van der Waals surface area contributed by atoms with Gasteiger partial charge in [0.2, 0.25) is 11.8 Å². The Bertz CT molecular complexity index is 941. The molecule has 0 bridgehead atoms. The van der Waals surface area contributed by atoms with Crippen LogP contribution in [-0.2, 0) is 16.1 Å². The Hall–Kier alpha value is -2.89. The first kappa shape index (κ1) is 21.0. The van der Waals surface area contributed by atoms with Crippen LogP contribution in [0.15, 0.2) is 54.7 Å². The molecule has 0 radical (unpaired) electrons. The third kappa shape index (κ3) is 4.10. The van der Waals surface area contributed by atoms with Gasteiger partial charge in [0.1, 0.15) is 5.82 Å². The van der Waals surface area contributed by atoms with Crippen molar-refractivity contribution in [3.05, 3.63) is 60.3 Å². The number of carbonyl (C=O) groups is 2. The number of pyridine rings is 1. The highest BCUT2D eigenvalue weighted by Crippen LogP contribution is 2.40. The lowest BCUT2D eigenvalue weighted by atomic mass is 9.84. The minimum Gasteiger partial charge on any atom is -0.356 e. The van der Waals surface area contributed by atoms with E-state index in [0.717, 1.165) is 64.1 Å². The number of amides is 2. The predicted molar refractivity (Wildman–Crippen MR) is 124 cm³/mol. The molecule has 3 aliphatic rings. The molecule has 2 amide bonds. The quantitative estimate of drug-likeness (QED) is 0.742. The molecule has 1 aromatic heterocycles. The minimum atomic E-state index is -0.0870. The fourth-order valence-electron chi connectivity index (χ4n) is 5.74. The van der Waals surface area contributed by atoms with Gasteiger partial charge in [0.15, 0.2) is 0 Å². The molecule has 6 heteroatoms. The molecule has 6 nitrogen and oxygen atoms in total. The van der Waals surface area contributed by atoms with E-state index >= 15 is 0 Å². The van der Waals surface area contributed by atoms with Crippen LogP contribution < -0.4 is 4.90 Å². The highest BCUT2D eigenvalue weighted by Gasteiger charge is 2.47. The molecule has 4 heterocycles. The van der Waals surface area contributed by atoms with Crippen molar-refractivity contribution in [1.82, 2.24) is 14.8 Å². The third-order valence-electron chi connectivity index (χ3n) is 7.61. The number of nitrogens with zero attached hydrogens (tertiary/aromatic N) is 4. The van der Waals surface area contributed by atoms with Crippen molar-refractivity contribution < 1.29 is 9.59 Å². The number of hydrogen-bond acceptors (Lipinski definition) is 4. The van der Waals surface area contributed by atoms with Crippen molar-refractivity contribution in [3.63, 3.8) is 0 Å². The topological polar surface area (TPSA) is 56.8 Å². The van der Waals surface area contributed by atoms with Gasteiger partial charge in [0, 0.05) is 50.9 Å². The van der Waals surface area contributed by atoms with Crippen molar-refractivity contribution in [3.8, 4) is 0 Å². The van der Waals surface area contributed by atoms with Crippen LogP contribution in [0.3, 0.4) is 0 Å². The molecule has 2 aromatic rings. The normalized spacial score (nSPS) is 23.1. The molecule has 32 heavy (non-hydrogen) atoms. The van der Waals surface area contributed by atoms with Crippen LogP contribution in [-0.4, -0.2) is 58.3 Å². The summed E-state index contributed by atoms with van der Waals surface area (Å²) in [5, 5.41) is 0. The Labute approximate surface area is 190 Å². The average molecular weight is 433 g/mol. The van der Waals surface area contributed by atoms with E-state index < -0.39 is 0 Å². The largest absolute Gasteiger partial charge is 0.356 e. The zero-order chi connectivity index (χ0) is 22.0. The summed E-state index contributed by atoms with van der Waals surface area (Å²) in [7, 11) is 0. The van der Waals surface area contributed by atoms with Crippen LogP contribution in [0.1, 0.15) is 44.1 Å². The molecule has 1 aromatic carbocycles. The molecule has 168 valence electrons. The summed E-state index contributed by atoms with van der Waals surface area (Å²) >= 11 is 0. The molecule has 1 unspecified atom stereocenters. The van der Waals surface area contributed by atoms with Crippen LogP contribution in [0, 0.1) is 5.92 Å². The van der Waals surface area contributed by atoms with Gasteiger partial charge in [-0.1, -0.05) is 36.4 Å². The van der Waals surface area contributed by atoms with Gasteiger partial charge in [-0.25, -0.2) is 4.98 Å². The molecule has 3 aliphatic heterocycles. The van der Waals surface area contributed by atoms with Crippen LogP contribution in [0.5, 0.6) is 0 Å². The van der Waals surface area contributed by atoms with Crippen molar-refractivity contribution in [2.75, 3.05) is 31.1 Å². The van der Waals surface area contributed by atoms with Gasteiger partial charge in [-0.3, -0.25) is 9.59 Å². The van der Waals surface area contributed by atoms with Crippen molar-refractivity contribution >= 4 is 17.6 Å². The minimum absolute atomic E-state index is 0.0328. The van der Waals surface area contributed by atoms with E-state index in [1.165, 1.54) is 5.56 Å². The van der Waals surface area contributed by atoms with Gasteiger partial charge in [-0.05, 0) is 49.8 Å². The molecule has 5 rings (SSSR count). The van der Waals surface area contributed by atoms with E-state index in [2.05, 4.69) is 31.8 Å². The van der Waals surface area contributed by atoms with Gasteiger partial charge in [-0.15, -0.1) is 0 Å². The number of rotatable bonds is 4. The summed E-state index contributed by atoms with van der Waals surface area (Å²) in [6, 6.07) is 16.2. The molecular formula is C26H32N4O2. The number of hydrogen-bond donors (Lipinski definition) is 0. The molecule has 3 saturated heterocycles. The SMILES string of the molecule is O=C(C1CCCN(c2ccccn2)C1)N1CCC2(CCC(=O)N2Cc2ccccc2)CC1. The second kappa shape index (κ2) is 8.93. The van der Waals surface area contributed by atoms with E-state index in [1.807, 2.05) is 42.6 Å². The van der Waals surface area contributed by atoms with Crippen LogP contribution in [0.4, 0.5) is 5.82 Å². The Morgan fingerprint density at radius 1 is 1.00 bits per heavy atom. The maximum Gasteiger partial charge on any atom is 0.227 e. The number of carbonyl (C=O) groups excluding carboxylic acids is 2. The molecule has 1 atom stereocenters. The smallest absolute Gasteiger partial charge is 0.227 e. The Balaban J connectivity index is 1.22. The monoisotopic (exact) mass is 432 g/mol. The molecule has 0 N–H and O–H groups in total. The van der Waals surface area contributed by atoms with E-state index in [9.17, 15) is 9.59 Å². The number of likely N-dealkylation sites (tertiary alicyclic amines) is 2. The lowest BCUT2D eigenvalue weighted by Gasteiger charge is -2.46. The van der Waals surface area contributed by atoms with Gasteiger partial charge in [-0.2, -0.15) is 0 Å². The number of aromatic nitrogens is 1. The average Bonchev–Trinajstić information content (AvgIpc) is 3.15. The predicted octanol–water partition coefficient (Wildman–Crippen LogP) is 3.48. The van der Waals surface area contributed by atoms with Crippen molar-refractivity contribution in [1.29, 1.82) is 0 Å². The van der Waals surface area contributed by atoms with Gasteiger partial charge in [0.25, 0.3) is 0 Å².